The minimum absolute atomic E-state index is 0.00510. The maximum absolute atomic E-state index is 12.2. The zero-order chi connectivity index (χ0) is 18.3. The van der Waals surface area contributed by atoms with E-state index in [1.54, 1.807) is 18.2 Å². The molecule has 2 rings (SSSR count). The normalized spacial score (nSPS) is 17.0. The van der Waals surface area contributed by atoms with Crippen molar-refractivity contribution in [3.05, 3.63) is 34.3 Å². The number of nitrogens with zero attached hydrogens (tertiary/aromatic N) is 1. The van der Waals surface area contributed by atoms with Crippen LogP contribution in [0.5, 0.6) is 0 Å². The van der Waals surface area contributed by atoms with Crippen molar-refractivity contribution in [3.63, 3.8) is 0 Å². The molecule has 0 bridgehead atoms. The lowest BCUT2D eigenvalue weighted by Gasteiger charge is -2.39. The van der Waals surface area contributed by atoms with E-state index in [9.17, 15) is 9.59 Å². The molecule has 1 aromatic carbocycles. The van der Waals surface area contributed by atoms with Gasteiger partial charge in [0.05, 0.1) is 6.54 Å². The Kier molecular flexibility index (Phi) is 7.44. The topological polar surface area (TPSA) is 61.4 Å². The van der Waals surface area contributed by atoms with E-state index in [1.165, 1.54) is 25.7 Å². The van der Waals surface area contributed by atoms with E-state index in [2.05, 4.69) is 45.6 Å². The van der Waals surface area contributed by atoms with E-state index < -0.39 is 0 Å². The lowest BCUT2D eigenvalue weighted by Crippen LogP contribution is -2.53. The molecule has 0 spiro atoms. The van der Waals surface area contributed by atoms with E-state index in [-0.39, 0.29) is 23.9 Å². The van der Waals surface area contributed by atoms with Crippen molar-refractivity contribution < 1.29 is 9.59 Å². The zero-order valence-corrected chi connectivity index (χ0v) is 16.7. The van der Waals surface area contributed by atoms with Crippen LogP contribution in [0.15, 0.2) is 28.7 Å². The summed E-state index contributed by atoms with van der Waals surface area (Å²) in [5, 5.41) is 5.70. The highest BCUT2D eigenvalue weighted by molar-refractivity contribution is 9.10. The van der Waals surface area contributed by atoms with Gasteiger partial charge in [-0.25, -0.2) is 0 Å². The number of halogens is 1. The molecule has 5 nitrogen and oxygen atoms in total. The number of hydrogen-bond donors (Lipinski definition) is 2. The quantitative estimate of drug-likeness (QED) is 0.709. The first-order valence-corrected chi connectivity index (χ1v) is 9.70. The van der Waals surface area contributed by atoms with Gasteiger partial charge in [-0.15, -0.1) is 0 Å². The van der Waals surface area contributed by atoms with Crippen LogP contribution in [0.3, 0.4) is 0 Å². The lowest BCUT2D eigenvalue weighted by atomic mass is 9.88. The molecule has 2 amide bonds. The van der Waals surface area contributed by atoms with E-state index in [0.717, 1.165) is 17.3 Å². The van der Waals surface area contributed by atoms with Crippen LogP contribution in [-0.4, -0.2) is 49.4 Å². The molecule has 25 heavy (non-hydrogen) atoms. The summed E-state index contributed by atoms with van der Waals surface area (Å²) >= 11 is 3.34. The summed E-state index contributed by atoms with van der Waals surface area (Å²) in [7, 11) is 4.18. The van der Waals surface area contributed by atoms with Crippen LogP contribution >= 0.6 is 15.9 Å². The maximum Gasteiger partial charge on any atom is 0.251 e. The van der Waals surface area contributed by atoms with E-state index in [1.807, 2.05) is 6.07 Å². The molecule has 138 valence electrons. The molecule has 6 heteroatoms. The predicted octanol–water partition coefficient (Wildman–Crippen LogP) is 2.95. The number of likely N-dealkylation sites (N-methyl/N-ethyl adjacent to an activating group) is 1. The zero-order valence-electron chi connectivity index (χ0n) is 15.1. The Labute approximate surface area is 158 Å². The van der Waals surface area contributed by atoms with E-state index in [0.29, 0.717) is 12.1 Å². The number of carbonyl (C=O) groups is 2. The number of amides is 2. The number of nitrogens with one attached hydrogen (secondary N) is 2. The van der Waals surface area contributed by atoms with Crippen molar-refractivity contribution in [1.82, 2.24) is 15.5 Å². The fraction of sp³-hybridized carbons (Fsp3) is 0.579. The van der Waals surface area contributed by atoms with Crippen molar-refractivity contribution in [2.24, 2.45) is 0 Å². The molecule has 0 saturated heterocycles. The smallest absolute Gasteiger partial charge is 0.251 e. The molecule has 1 aliphatic carbocycles. The Morgan fingerprint density at radius 2 is 1.80 bits per heavy atom. The van der Waals surface area contributed by atoms with Crippen molar-refractivity contribution in [2.75, 3.05) is 27.2 Å². The van der Waals surface area contributed by atoms with Crippen LogP contribution in [0.2, 0.25) is 0 Å². The SMILES string of the molecule is CN(C)C1(CNC(=O)CNC(=O)c2cccc(Br)c2)CCCCCC1. The van der Waals surface area contributed by atoms with Crippen LogP contribution in [0.4, 0.5) is 0 Å². The van der Waals surface area contributed by atoms with Crippen molar-refractivity contribution in [1.29, 1.82) is 0 Å². The Hall–Kier alpha value is -1.40. The average Bonchev–Trinajstić information content (AvgIpc) is 2.84. The lowest BCUT2D eigenvalue weighted by molar-refractivity contribution is -0.120. The number of hydrogen-bond acceptors (Lipinski definition) is 3. The minimum Gasteiger partial charge on any atom is -0.353 e. The first kappa shape index (κ1) is 19.9. The summed E-state index contributed by atoms with van der Waals surface area (Å²) < 4.78 is 0.839. The van der Waals surface area contributed by atoms with Crippen molar-refractivity contribution in [2.45, 2.75) is 44.1 Å². The second-order valence-corrected chi connectivity index (χ2v) is 7.92. The molecule has 0 radical (unpaired) electrons. The van der Waals surface area contributed by atoms with Gasteiger partial charge >= 0.3 is 0 Å². The first-order valence-electron chi connectivity index (χ1n) is 8.91. The van der Waals surface area contributed by atoms with Gasteiger partial charge in [0.25, 0.3) is 5.91 Å². The summed E-state index contributed by atoms with van der Waals surface area (Å²) in [6, 6.07) is 7.12. The van der Waals surface area contributed by atoms with Gasteiger partial charge in [0.15, 0.2) is 0 Å². The van der Waals surface area contributed by atoms with Gasteiger partial charge in [-0.1, -0.05) is 47.7 Å². The summed E-state index contributed by atoms with van der Waals surface area (Å²) in [6.45, 7) is 0.625. The molecular weight excluding hydrogens is 382 g/mol. The van der Waals surface area contributed by atoms with Gasteiger partial charge in [-0.2, -0.15) is 0 Å². The van der Waals surface area contributed by atoms with Gasteiger partial charge in [0.1, 0.15) is 0 Å². The van der Waals surface area contributed by atoms with Gasteiger partial charge in [0, 0.05) is 22.1 Å². The maximum atomic E-state index is 12.2. The summed E-state index contributed by atoms with van der Waals surface area (Å²) in [5.41, 5.74) is 0.566. The van der Waals surface area contributed by atoms with E-state index in [4.69, 9.17) is 0 Å². The molecule has 1 saturated carbocycles. The Morgan fingerprint density at radius 1 is 1.12 bits per heavy atom. The largest absolute Gasteiger partial charge is 0.353 e. The highest BCUT2D eigenvalue weighted by atomic mass is 79.9. The number of carbonyl (C=O) groups excluding carboxylic acids is 2. The Morgan fingerprint density at radius 3 is 2.40 bits per heavy atom. The first-order chi connectivity index (χ1) is 11.9. The third-order valence-corrected chi connectivity index (χ3v) is 5.59. The van der Waals surface area contributed by atoms with Crippen LogP contribution in [0.25, 0.3) is 0 Å². The summed E-state index contributed by atoms with van der Waals surface area (Å²) in [6.07, 6.45) is 7.15. The Balaban J connectivity index is 1.84. The highest BCUT2D eigenvalue weighted by Gasteiger charge is 2.33. The number of benzene rings is 1. The third-order valence-electron chi connectivity index (χ3n) is 5.09. The molecule has 1 fully saturated rings. The molecule has 0 unspecified atom stereocenters. The van der Waals surface area contributed by atoms with Gasteiger partial charge in [0.2, 0.25) is 5.91 Å². The van der Waals surface area contributed by atoms with Crippen molar-refractivity contribution >= 4 is 27.7 Å². The summed E-state index contributed by atoms with van der Waals surface area (Å²) in [4.78, 5) is 26.5. The Bertz CT molecular complexity index is 596. The predicted molar refractivity (Wildman–Crippen MR) is 104 cm³/mol. The molecule has 1 aliphatic rings. The van der Waals surface area contributed by atoms with Crippen LogP contribution < -0.4 is 10.6 Å². The van der Waals surface area contributed by atoms with Crippen LogP contribution in [0, 0.1) is 0 Å². The standard InChI is InChI=1S/C19H28BrN3O2/c1-23(2)19(10-5-3-4-6-11-19)14-22-17(24)13-21-18(25)15-8-7-9-16(20)12-15/h7-9,12H,3-6,10-11,13-14H2,1-2H3,(H,21,25)(H,22,24). The summed E-state index contributed by atoms with van der Waals surface area (Å²) in [5.74, 6) is -0.387. The third kappa shape index (κ3) is 5.82. The molecule has 2 N–H and O–H groups in total. The number of rotatable bonds is 6. The fourth-order valence-electron chi connectivity index (χ4n) is 3.39. The minimum atomic E-state index is -0.242. The molecule has 0 atom stereocenters. The molecule has 0 aromatic heterocycles. The monoisotopic (exact) mass is 409 g/mol. The average molecular weight is 410 g/mol. The van der Waals surface area contributed by atoms with Crippen LogP contribution in [0.1, 0.15) is 48.9 Å². The molecular formula is C19H28BrN3O2. The van der Waals surface area contributed by atoms with Gasteiger partial charge < -0.3 is 15.5 Å². The second-order valence-electron chi connectivity index (χ2n) is 7.00. The van der Waals surface area contributed by atoms with E-state index >= 15 is 0 Å². The molecule has 0 heterocycles. The highest BCUT2D eigenvalue weighted by Crippen LogP contribution is 2.30. The molecule has 1 aromatic rings. The molecule has 0 aliphatic heterocycles. The fourth-order valence-corrected chi connectivity index (χ4v) is 3.79. The van der Waals surface area contributed by atoms with Crippen molar-refractivity contribution in [3.8, 4) is 0 Å². The van der Waals surface area contributed by atoms with Gasteiger partial charge in [-0.05, 0) is 45.1 Å². The van der Waals surface area contributed by atoms with Gasteiger partial charge in [-0.3, -0.25) is 9.59 Å². The van der Waals surface area contributed by atoms with Crippen LogP contribution in [-0.2, 0) is 4.79 Å². The second kappa shape index (κ2) is 9.34.